The fourth-order valence-electron chi connectivity index (χ4n) is 4.66. The molecular weight excluding hydrogens is 356 g/mol. The summed E-state index contributed by atoms with van der Waals surface area (Å²) < 4.78 is 5.70. The molecule has 3 rings (SSSR count). The second-order valence-electron chi connectivity index (χ2n) is 8.96. The minimum atomic E-state index is -0.198. The summed E-state index contributed by atoms with van der Waals surface area (Å²) in [4.78, 5) is 12.3. The van der Waals surface area contributed by atoms with Crippen molar-refractivity contribution in [3.05, 3.63) is 47.5 Å². The highest BCUT2D eigenvalue weighted by molar-refractivity contribution is 5.89. The number of allylic oxidation sites excluding steroid dienone is 2. The van der Waals surface area contributed by atoms with E-state index in [1.54, 1.807) is 0 Å². The van der Waals surface area contributed by atoms with E-state index in [9.17, 15) is 4.79 Å². The number of hydrogen-bond acceptors (Lipinski definition) is 2. The van der Waals surface area contributed by atoms with Gasteiger partial charge in [-0.25, -0.2) is 4.79 Å². The molecule has 2 saturated carbocycles. The second kappa shape index (κ2) is 11.2. The number of carbonyl (C=O) groups excluding carboxylic acids is 1. The van der Waals surface area contributed by atoms with Crippen molar-refractivity contribution >= 4 is 5.97 Å². The van der Waals surface area contributed by atoms with Gasteiger partial charge in [-0.1, -0.05) is 55.4 Å². The van der Waals surface area contributed by atoms with Crippen molar-refractivity contribution in [3.8, 4) is 11.8 Å². The molecule has 1 aromatic carbocycles. The van der Waals surface area contributed by atoms with Crippen molar-refractivity contribution in [3.63, 3.8) is 0 Å². The maximum absolute atomic E-state index is 12.3. The van der Waals surface area contributed by atoms with Crippen molar-refractivity contribution < 1.29 is 9.53 Å². The molecule has 0 N–H and O–H groups in total. The molecule has 0 bridgehead atoms. The minimum absolute atomic E-state index is 0.0377. The Bertz CT molecular complexity index is 718. The summed E-state index contributed by atoms with van der Waals surface area (Å²) in [6, 6.07) is 7.59. The Morgan fingerprint density at radius 2 is 1.72 bits per heavy atom. The molecule has 2 nitrogen and oxygen atoms in total. The van der Waals surface area contributed by atoms with E-state index in [2.05, 4.69) is 30.9 Å². The molecule has 29 heavy (non-hydrogen) atoms. The lowest BCUT2D eigenvalue weighted by atomic mass is 9.80. The number of aryl methyl sites for hydroxylation is 1. The first-order valence-corrected chi connectivity index (χ1v) is 11.6. The van der Waals surface area contributed by atoms with E-state index < -0.39 is 0 Å². The van der Waals surface area contributed by atoms with Gasteiger partial charge in [0.05, 0.1) is 5.56 Å². The van der Waals surface area contributed by atoms with Crippen molar-refractivity contribution in [1.82, 2.24) is 0 Å². The van der Waals surface area contributed by atoms with Gasteiger partial charge >= 0.3 is 5.97 Å². The van der Waals surface area contributed by atoms with Crippen LogP contribution in [-0.4, -0.2) is 12.1 Å². The third-order valence-corrected chi connectivity index (χ3v) is 6.56. The molecule has 2 heteroatoms. The first kappa shape index (κ1) is 21.7. The van der Waals surface area contributed by atoms with Crippen LogP contribution in [0.4, 0.5) is 0 Å². The molecule has 2 aliphatic rings. The topological polar surface area (TPSA) is 26.3 Å². The van der Waals surface area contributed by atoms with E-state index in [1.165, 1.54) is 38.5 Å². The van der Waals surface area contributed by atoms with Gasteiger partial charge in [-0.05, 0) is 88.3 Å². The average Bonchev–Trinajstić information content (AvgIpc) is 2.74. The van der Waals surface area contributed by atoms with Crippen LogP contribution in [0.5, 0.6) is 0 Å². The highest BCUT2D eigenvalue weighted by Crippen LogP contribution is 2.32. The van der Waals surface area contributed by atoms with E-state index >= 15 is 0 Å². The number of esters is 1. The SMILES string of the molecule is CCCC1CCC(/C=C/C#CC2CCC(OC(=O)c3ccc(C)cc3)CC2)CC1. The van der Waals surface area contributed by atoms with Gasteiger partial charge < -0.3 is 4.74 Å². The summed E-state index contributed by atoms with van der Waals surface area (Å²) >= 11 is 0. The van der Waals surface area contributed by atoms with Crippen LogP contribution >= 0.6 is 0 Å². The molecule has 2 fully saturated rings. The van der Waals surface area contributed by atoms with E-state index in [0.717, 1.165) is 43.1 Å². The van der Waals surface area contributed by atoms with E-state index in [1.807, 2.05) is 31.2 Å². The molecular formula is C27H36O2. The van der Waals surface area contributed by atoms with Crippen molar-refractivity contribution in [2.24, 2.45) is 17.8 Å². The molecule has 0 unspecified atom stereocenters. The number of benzene rings is 1. The van der Waals surface area contributed by atoms with E-state index in [0.29, 0.717) is 11.5 Å². The Hall–Kier alpha value is -2.01. The van der Waals surface area contributed by atoms with Gasteiger partial charge in [-0.15, -0.1) is 0 Å². The standard InChI is InChI=1S/C27H36O2/c1-3-6-22-11-13-23(14-12-22)7-4-5-8-24-15-19-26(20-16-24)29-27(28)25-17-9-21(2)10-18-25/h4,7,9-10,17-18,22-24,26H,3,6,11-16,19-20H2,1-2H3/b7-4+. The van der Waals surface area contributed by atoms with E-state index in [-0.39, 0.29) is 12.1 Å². The van der Waals surface area contributed by atoms with Gasteiger partial charge in [0.1, 0.15) is 6.10 Å². The molecule has 0 atom stereocenters. The predicted octanol–water partition coefficient (Wildman–Crippen LogP) is 6.88. The lowest BCUT2D eigenvalue weighted by Crippen LogP contribution is -2.24. The molecule has 0 spiro atoms. The fourth-order valence-corrected chi connectivity index (χ4v) is 4.66. The zero-order chi connectivity index (χ0) is 20.5. The van der Waals surface area contributed by atoms with Crippen LogP contribution in [0.15, 0.2) is 36.4 Å². The van der Waals surface area contributed by atoms with Crippen LogP contribution in [-0.2, 0) is 4.74 Å². The van der Waals surface area contributed by atoms with Crippen molar-refractivity contribution in [1.29, 1.82) is 0 Å². The van der Waals surface area contributed by atoms with Gasteiger partial charge in [0.25, 0.3) is 0 Å². The first-order chi connectivity index (χ1) is 14.1. The molecule has 0 aromatic heterocycles. The Kier molecular flexibility index (Phi) is 8.41. The maximum atomic E-state index is 12.3. The Morgan fingerprint density at radius 3 is 2.38 bits per heavy atom. The van der Waals surface area contributed by atoms with Crippen LogP contribution in [0.2, 0.25) is 0 Å². The van der Waals surface area contributed by atoms with E-state index in [4.69, 9.17) is 4.74 Å². The van der Waals surface area contributed by atoms with Gasteiger partial charge in [-0.3, -0.25) is 0 Å². The molecule has 0 radical (unpaired) electrons. The van der Waals surface area contributed by atoms with Crippen LogP contribution in [0, 0.1) is 36.5 Å². The monoisotopic (exact) mass is 392 g/mol. The summed E-state index contributed by atoms with van der Waals surface area (Å²) in [7, 11) is 0. The Morgan fingerprint density at radius 1 is 1.03 bits per heavy atom. The number of rotatable bonds is 5. The van der Waals surface area contributed by atoms with Crippen molar-refractivity contribution in [2.75, 3.05) is 0 Å². The van der Waals surface area contributed by atoms with Crippen LogP contribution in [0.3, 0.4) is 0 Å². The lowest BCUT2D eigenvalue weighted by Gasteiger charge is -2.26. The summed E-state index contributed by atoms with van der Waals surface area (Å²) in [5.41, 5.74) is 1.80. The second-order valence-corrected chi connectivity index (χ2v) is 8.96. The zero-order valence-electron chi connectivity index (χ0n) is 18.2. The minimum Gasteiger partial charge on any atom is -0.459 e. The van der Waals surface area contributed by atoms with Gasteiger partial charge in [-0.2, -0.15) is 0 Å². The fraction of sp³-hybridized carbons (Fsp3) is 0.593. The summed E-state index contributed by atoms with van der Waals surface area (Å²) in [6.45, 7) is 4.31. The highest BCUT2D eigenvalue weighted by atomic mass is 16.5. The molecule has 0 heterocycles. The third kappa shape index (κ3) is 7.07. The summed E-state index contributed by atoms with van der Waals surface area (Å²) in [5.74, 6) is 8.65. The van der Waals surface area contributed by atoms with Gasteiger partial charge in [0, 0.05) is 5.92 Å². The molecule has 1 aromatic rings. The normalized spacial score (nSPS) is 27.2. The maximum Gasteiger partial charge on any atom is 0.338 e. The molecule has 0 aliphatic heterocycles. The molecule has 0 amide bonds. The molecule has 156 valence electrons. The first-order valence-electron chi connectivity index (χ1n) is 11.6. The summed E-state index contributed by atoms with van der Waals surface area (Å²) in [6.07, 6.45) is 16.5. The lowest BCUT2D eigenvalue weighted by molar-refractivity contribution is 0.0188. The smallest absolute Gasteiger partial charge is 0.338 e. The quantitative estimate of drug-likeness (QED) is 0.403. The van der Waals surface area contributed by atoms with Crippen LogP contribution < -0.4 is 0 Å². The van der Waals surface area contributed by atoms with Gasteiger partial charge in [0.2, 0.25) is 0 Å². The Balaban J connectivity index is 1.36. The predicted molar refractivity (Wildman–Crippen MR) is 120 cm³/mol. The number of hydrogen-bond donors (Lipinski definition) is 0. The highest BCUT2D eigenvalue weighted by Gasteiger charge is 2.23. The number of carbonyl (C=O) groups is 1. The zero-order valence-corrected chi connectivity index (χ0v) is 18.2. The number of ether oxygens (including phenoxy) is 1. The Labute approximate surface area is 177 Å². The average molecular weight is 393 g/mol. The molecule has 2 aliphatic carbocycles. The van der Waals surface area contributed by atoms with Crippen molar-refractivity contribution in [2.45, 2.75) is 84.2 Å². The summed E-state index contributed by atoms with van der Waals surface area (Å²) in [5, 5.41) is 0. The largest absolute Gasteiger partial charge is 0.459 e. The third-order valence-electron chi connectivity index (χ3n) is 6.56. The van der Waals surface area contributed by atoms with Gasteiger partial charge in [0.15, 0.2) is 0 Å². The van der Waals surface area contributed by atoms with Crippen LogP contribution in [0.1, 0.15) is 87.1 Å². The van der Waals surface area contributed by atoms with Crippen LogP contribution in [0.25, 0.3) is 0 Å². The molecule has 0 saturated heterocycles.